The molecular weight excluding hydrogens is 338 g/mol. The summed E-state index contributed by atoms with van der Waals surface area (Å²) in [6, 6.07) is 17.8. The molecule has 0 bridgehead atoms. The Morgan fingerprint density at radius 2 is 1.44 bits per heavy atom. The fraction of sp³-hybridized carbons (Fsp3) is 0.364. The molecule has 0 atom stereocenters. The van der Waals surface area contributed by atoms with Gasteiger partial charge in [-0.25, -0.2) is 0 Å². The molecule has 2 amide bonds. The van der Waals surface area contributed by atoms with Crippen molar-refractivity contribution in [2.45, 2.75) is 26.2 Å². The second-order valence-corrected chi connectivity index (χ2v) is 7.90. The number of anilines is 2. The van der Waals surface area contributed by atoms with Gasteiger partial charge in [0.1, 0.15) is 0 Å². The molecule has 0 radical (unpaired) electrons. The van der Waals surface area contributed by atoms with Crippen LogP contribution in [0, 0.1) is 0 Å². The first-order valence-electron chi connectivity index (χ1n) is 9.35. The topological polar surface area (TPSA) is 52.7 Å². The molecule has 3 rings (SSSR count). The van der Waals surface area contributed by atoms with Crippen molar-refractivity contribution in [3.63, 3.8) is 0 Å². The van der Waals surface area contributed by atoms with E-state index in [0.29, 0.717) is 18.8 Å². The van der Waals surface area contributed by atoms with Crippen LogP contribution < -0.4 is 10.2 Å². The summed E-state index contributed by atoms with van der Waals surface area (Å²) in [5, 5.41) is 2.72. The van der Waals surface area contributed by atoms with E-state index in [4.69, 9.17) is 0 Å². The minimum atomic E-state index is -0.577. The van der Waals surface area contributed by atoms with E-state index in [1.54, 1.807) is 4.90 Å². The third-order valence-electron chi connectivity index (χ3n) is 4.89. The Hall–Kier alpha value is -2.82. The minimum Gasteiger partial charge on any atom is -0.368 e. The van der Waals surface area contributed by atoms with Crippen molar-refractivity contribution in [2.75, 3.05) is 36.4 Å². The summed E-state index contributed by atoms with van der Waals surface area (Å²) < 4.78 is 0. The van der Waals surface area contributed by atoms with Gasteiger partial charge in [0.15, 0.2) is 0 Å². The van der Waals surface area contributed by atoms with Gasteiger partial charge in [0, 0.05) is 37.6 Å². The molecule has 5 heteroatoms. The molecule has 0 spiro atoms. The van der Waals surface area contributed by atoms with Crippen LogP contribution >= 0.6 is 0 Å². The third kappa shape index (κ3) is 4.67. The van der Waals surface area contributed by atoms with Gasteiger partial charge >= 0.3 is 11.8 Å². The van der Waals surface area contributed by atoms with E-state index in [1.165, 1.54) is 5.56 Å². The number of nitrogens with zero attached hydrogens (tertiary/aromatic N) is 2. The zero-order valence-corrected chi connectivity index (χ0v) is 16.2. The number of piperazine rings is 1. The largest absolute Gasteiger partial charge is 0.368 e. The Bertz CT molecular complexity index is 787. The van der Waals surface area contributed by atoms with Crippen molar-refractivity contribution in [1.29, 1.82) is 0 Å². The number of nitrogens with one attached hydrogen (secondary N) is 1. The summed E-state index contributed by atoms with van der Waals surface area (Å²) in [6.45, 7) is 8.96. The average Bonchev–Trinajstić information content (AvgIpc) is 2.68. The van der Waals surface area contributed by atoms with Crippen molar-refractivity contribution in [3.05, 3.63) is 60.2 Å². The predicted octanol–water partition coefficient (Wildman–Crippen LogP) is 3.27. The van der Waals surface area contributed by atoms with Gasteiger partial charge in [-0.15, -0.1) is 0 Å². The van der Waals surface area contributed by atoms with E-state index in [0.717, 1.165) is 18.8 Å². The van der Waals surface area contributed by atoms with Crippen LogP contribution in [-0.2, 0) is 15.0 Å². The number of benzene rings is 2. The van der Waals surface area contributed by atoms with Gasteiger partial charge in [0.2, 0.25) is 0 Å². The Labute approximate surface area is 161 Å². The van der Waals surface area contributed by atoms with E-state index in [9.17, 15) is 9.59 Å². The lowest BCUT2D eigenvalue weighted by atomic mass is 9.87. The van der Waals surface area contributed by atoms with Crippen LogP contribution in [0.2, 0.25) is 0 Å². The molecule has 142 valence electrons. The van der Waals surface area contributed by atoms with Crippen LogP contribution in [0.1, 0.15) is 26.3 Å². The molecule has 1 saturated heterocycles. The highest BCUT2D eigenvalue weighted by Gasteiger charge is 2.26. The molecule has 0 saturated carbocycles. The fourth-order valence-electron chi connectivity index (χ4n) is 3.19. The van der Waals surface area contributed by atoms with E-state index >= 15 is 0 Å². The number of para-hydroxylation sites is 1. The Morgan fingerprint density at radius 3 is 2.00 bits per heavy atom. The number of rotatable bonds is 2. The number of hydrogen-bond acceptors (Lipinski definition) is 3. The van der Waals surface area contributed by atoms with Crippen molar-refractivity contribution in [1.82, 2.24) is 4.90 Å². The highest BCUT2D eigenvalue weighted by atomic mass is 16.2. The molecule has 0 aliphatic carbocycles. The summed E-state index contributed by atoms with van der Waals surface area (Å²) in [5.41, 5.74) is 3.03. The van der Waals surface area contributed by atoms with Crippen LogP contribution in [0.5, 0.6) is 0 Å². The van der Waals surface area contributed by atoms with Crippen LogP contribution in [-0.4, -0.2) is 42.9 Å². The average molecular weight is 365 g/mol. The monoisotopic (exact) mass is 365 g/mol. The van der Waals surface area contributed by atoms with E-state index in [1.807, 2.05) is 42.5 Å². The quantitative estimate of drug-likeness (QED) is 0.831. The molecule has 1 aliphatic heterocycles. The Kier molecular flexibility index (Phi) is 5.49. The van der Waals surface area contributed by atoms with E-state index in [2.05, 4.69) is 43.1 Å². The first-order valence-corrected chi connectivity index (χ1v) is 9.35. The van der Waals surface area contributed by atoms with Crippen molar-refractivity contribution in [3.8, 4) is 0 Å². The Morgan fingerprint density at radius 1 is 0.852 bits per heavy atom. The first-order chi connectivity index (χ1) is 12.8. The van der Waals surface area contributed by atoms with Gasteiger partial charge in [-0.1, -0.05) is 51.1 Å². The molecule has 5 nitrogen and oxygen atoms in total. The van der Waals surface area contributed by atoms with Gasteiger partial charge in [0.25, 0.3) is 0 Å². The zero-order chi connectivity index (χ0) is 19.4. The van der Waals surface area contributed by atoms with Crippen molar-refractivity contribution in [2.24, 2.45) is 0 Å². The molecule has 2 aromatic rings. The van der Waals surface area contributed by atoms with Crippen molar-refractivity contribution < 1.29 is 9.59 Å². The van der Waals surface area contributed by atoms with Gasteiger partial charge in [-0.05, 0) is 35.2 Å². The highest BCUT2D eigenvalue weighted by Crippen LogP contribution is 2.23. The molecule has 1 fully saturated rings. The molecular formula is C22H27N3O2. The number of hydrogen-bond donors (Lipinski definition) is 1. The standard InChI is InChI=1S/C22H27N3O2/c1-22(2,3)17-9-11-18(12-10-17)23-20(26)21(27)25-15-13-24(14-16-25)19-7-5-4-6-8-19/h4-12H,13-16H2,1-3H3,(H,23,26). The normalized spacial score (nSPS) is 14.8. The lowest BCUT2D eigenvalue weighted by molar-refractivity contribution is -0.143. The van der Waals surface area contributed by atoms with E-state index < -0.39 is 11.8 Å². The van der Waals surface area contributed by atoms with Crippen LogP contribution in [0.3, 0.4) is 0 Å². The highest BCUT2D eigenvalue weighted by molar-refractivity contribution is 6.39. The zero-order valence-electron chi connectivity index (χ0n) is 16.2. The molecule has 0 unspecified atom stereocenters. The van der Waals surface area contributed by atoms with Crippen LogP contribution in [0.15, 0.2) is 54.6 Å². The van der Waals surface area contributed by atoms with Gasteiger partial charge in [-0.2, -0.15) is 0 Å². The maximum absolute atomic E-state index is 12.5. The lowest BCUT2D eigenvalue weighted by Crippen LogP contribution is -2.51. The summed E-state index contributed by atoms with van der Waals surface area (Å²) in [5.74, 6) is -1.05. The van der Waals surface area contributed by atoms with Crippen molar-refractivity contribution >= 4 is 23.2 Å². The lowest BCUT2D eigenvalue weighted by Gasteiger charge is -2.35. The molecule has 1 N–H and O–H groups in total. The Balaban J connectivity index is 1.54. The summed E-state index contributed by atoms with van der Waals surface area (Å²) in [7, 11) is 0. The third-order valence-corrected chi connectivity index (χ3v) is 4.89. The second kappa shape index (κ2) is 7.82. The van der Waals surface area contributed by atoms with Crippen LogP contribution in [0.4, 0.5) is 11.4 Å². The van der Waals surface area contributed by atoms with E-state index in [-0.39, 0.29) is 5.41 Å². The second-order valence-electron chi connectivity index (χ2n) is 7.90. The van der Waals surface area contributed by atoms with Gasteiger partial charge < -0.3 is 15.1 Å². The summed E-state index contributed by atoms with van der Waals surface area (Å²) in [6.07, 6.45) is 0. The molecule has 0 aromatic heterocycles. The number of amides is 2. The fourth-order valence-corrected chi connectivity index (χ4v) is 3.19. The maximum Gasteiger partial charge on any atom is 0.313 e. The maximum atomic E-state index is 12.5. The predicted molar refractivity (Wildman–Crippen MR) is 109 cm³/mol. The van der Waals surface area contributed by atoms with Gasteiger partial charge in [0.05, 0.1) is 0 Å². The molecule has 2 aromatic carbocycles. The smallest absolute Gasteiger partial charge is 0.313 e. The molecule has 27 heavy (non-hydrogen) atoms. The first kappa shape index (κ1) is 19.0. The summed E-state index contributed by atoms with van der Waals surface area (Å²) in [4.78, 5) is 28.6. The number of carbonyl (C=O) groups is 2. The molecule has 1 aliphatic rings. The number of carbonyl (C=O) groups excluding carboxylic acids is 2. The van der Waals surface area contributed by atoms with Gasteiger partial charge in [-0.3, -0.25) is 9.59 Å². The minimum absolute atomic E-state index is 0.0524. The summed E-state index contributed by atoms with van der Waals surface area (Å²) >= 11 is 0. The van der Waals surface area contributed by atoms with Crippen LogP contribution in [0.25, 0.3) is 0 Å². The SMILES string of the molecule is CC(C)(C)c1ccc(NC(=O)C(=O)N2CCN(c3ccccc3)CC2)cc1. The molecule has 1 heterocycles.